The molecule has 0 spiro atoms. The molecule has 5 heteroatoms. The summed E-state index contributed by atoms with van der Waals surface area (Å²) in [6.45, 7) is 2.78. The molecular formula is C8H16ClNO3. The minimum absolute atomic E-state index is 0.0313. The predicted octanol–water partition coefficient (Wildman–Crippen LogP) is -0.279. The minimum Gasteiger partial charge on any atom is -0.393 e. The molecule has 0 saturated heterocycles. The molecule has 1 amide bonds. The van der Waals surface area contributed by atoms with E-state index in [-0.39, 0.29) is 30.9 Å². The lowest BCUT2D eigenvalue weighted by molar-refractivity contribution is -0.125. The average molecular weight is 210 g/mol. The zero-order valence-electron chi connectivity index (χ0n) is 7.88. The molecule has 4 nitrogen and oxygen atoms in total. The van der Waals surface area contributed by atoms with Gasteiger partial charge in [0.2, 0.25) is 5.91 Å². The Kier molecular flexibility index (Phi) is 5.29. The van der Waals surface area contributed by atoms with Gasteiger partial charge >= 0.3 is 0 Å². The van der Waals surface area contributed by atoms with E-state index in [1.165, 1.54) is 6.92 Å². The summed E-state index contributed by atoms with van der Waals surface area (Å²) in [5, 5.41) is 20.5. The van der Waals surface area contributed by atoms with Gasteiger partial charge in [0.25, 0.3) is 0 Å². The minimum atomic E-state index is -1.26. The Morgan fingerprint density at radius 3 is 2.62 bits per heavy atom. The topological polar surface area (TPSA) is 69.6 Å². The second-order valence-electron chi connectivity index (χ2n) is 3.43. The molecule has 2 unspecified atom stereocenters. The molecule has 0 aliphatic rings. The second kappa shape index (κ2) is 5.42. The molecule has 0 heterocycles. The Morgan fingerprint density at radius 1 is 1.69 bits per heavy atom. The van der Waals surface area contributed by atoms with E-state index < -0.39 is 5.60 Å². The van der Waals surface area contributed by atoms with Crippen LogP contribution >= 0.6 is 11.6 Å². The van der Waals surface area contributed by atoms with Crippen molar-refractivity contribution in [2.24, 2.45) is 5.92 Å². The monoisotopic (exact) mass is 209 g/mol. The standard InChI is InChI=1S/C8H16ClNO3/c1-6(3-9)7(12)10-4-8(2,13)5-11/h6,11,13H,3-5H2,1-2H3,(H,10,12). The van der Waals surface area contributed by atoms with Crippen LogP contribution in [0.4, 0.5) is 0 Å². The van der Waals surface area contributed by atoms with E-state index in [1.54, 1.807) is 6.92 Å². The summed E-state index contributed by atoms with van der Waals surface area (Å²) in [4.78, 5) is 11.1. The zero-order chi connectivity index (χ0) is 10.5. The summed E-state index contributed by atoms with van der Waals surface area (Å²) in [6, 6.07) is 0. The Morgan fingerprint density at radius 2 is 2.23 bits per heavy atom. The van der Waals surface area contributed by atoms with Crippen LogP contribution in [0.15, 0.2) is 0 Å². The van der Waals surface area contributed by atoms with Crippen molar-refractivity contribution in [2.45, 2.75) is 19.4 Å². The summed E-state index contributed by atoms with van der Waals surface area (Å²) >= 11 is 5.46. The van der Waals surface area contributed by atoms with Crippen molar-refractivity contribution in [1.82, 2.24) is 5.32 Å². The van der Waals surface area contributed by atoms with Crippen LogP contribution in [0, 0.1) is 5.92 Å². The molecule has 13 heavy (non-hydrogen) atoms. The molecule has 0 radical (unpaired) electrons. The van der Waals surface area contributed by atoms with Gasteiger partial charge in [-0.25, -0.2) is 0 Å². The van der Waals surface area contributed by atoms with Gasteiger partial charge in [-0.3, -0.25) is 4.79 Å². The van der Waals surface area contributed by atoms with Gasteiger partial charge in [0.05, 0.1) is 6.61 Å². The fourth-order valence-corrected chi connectivity index (χ4v) is 0.718. The Labute approximate surface area is 82.9 Å². The Hall–Kier alpha value is -0.320. The van der Waals surface area contributed by atoms with Gasteiger partial charge in [0.1, 0.15) is 5.60 Å². The van der Waals surface area contributed by atoms with Crippen LogP contribution in [0.1, 0.15) is 13.8 Å². The molecule has 0 rings (SSSR count). The number of carbonyl (C=O) groups is 1. The first-order valence-electron chi connectivity index (χ1n) is 4.10. The predicted molar refractivity (Wildman–Crippen MR) is 50.6 cm³/mol. The first kappa shape index (κ1) is 12.7. The van der Waals surface area contributed by atoms with E-state index in [2.05, 4.69) is 5.32 Å². The molecule has 0 aromatic carbocycles. The summed E-state index contributed by atoms with van der Waals surface area (Å²) in [7, 11) is 0. The van der Waals surface area contributed by atoms with Crippen LogP contribution in [-0.2, 0) is 4.79 Å². The van der Waals surface area contributed by atoms with Crippen molar-refractivity contribution in [3.63, 3.8) is 0 Å². The maximum Gasteiger partial charge on any atom is 0.224 e. The van der Waals surface area contributed by atoms with Gasteiger partial charge in [0.15, 0.2) is 0 Å². The number of aliphatic hydroxyl groups excluding tert-OH is 1. The summed E-state index contributed by atoms with van der Waals surface area (Å²) in [5.74, 6) is -0.257. The fraction of sp³-hybridized carbons (Fsp3) is 0.875. The normalized spacial score (nSPS) is 17.6. The van der Waals surface area contributed by atoms with Gasteiger partial charge < -0.3 is 15.5 Å². The summed E-state index contributed by atoms with van der Waals surface area (Å²) < 4.78 is 0. The molecule has 78 valence electrons. The van der Waals surface area contributed by atoms with Crippen LogP contribution in [0.2, 0.25) is 0 Å². The van der Waals surface area contributed by atoms with E-state index in [0.717, 1.165) is 0 Å². The third-order valence-corrected chi connectivity index (χ3v) is 2.13. The molecule has 0 bridgehead atoms. The average Bonchev–Trinajstić information content (AvgIpc) is 2.13. The maximum absolute atomic E-state index is 11.1. The first-order chi connectivity index (χ1) is 5.93. The molecule has 2 atom stereocenters. The first-order valence-corrected chi connectivity index (χ1v) is 4.63. The van der Waals surface area contributed by atoms with Crippen molar-refractivity contribution >= 4 is 17.5 Å². The van der Waals surface area contributed by atoms with Crippen LogP contribution in [-0.4, -0.2) is 40.8 Å². The largest absolute Gasteiger partial charge is 0.393 e. The highest BCUT2D eigenvalue weighted by atomic mass is 35.5. The lowest BCUT2D eigenvalue weighted by atomic mass is 10.1. The Balaban J connectivity index is 3.83. The third kappa shape index (κ3) is 5.08. The quantitative estimate of drug-likeness (QED) is 0.546. The number of amides is 1. The Bertz CT molecular complexity index is 173. The number of halogens is 1. The maximum atomic E-state index is 11.1. The lowest BCUT2D eigenvalue weighted by Crippen LogP contribution is -2.44. The number of alkyl halides is 1. The van der Waals surface area contributed by atoms with Gasteiger partial charge in [-0.1, -0.05) is 6.92 Å². The molecule has 0 aliphatic heterocycles. The van der Waals surface area contributed by atoms with Gasteiger partial charge in [-0.05, 0) is 6.92 Å². The third-order valence-electron chi connectivity index (χ3n) is 1.66. The highest BCUT2D eigenvalue weighted by Gasteiger charge is 2.21. The number of hydrogen-bond acceptors (Lipinski definition) is 3. The van der Waals surface area contributed by atoms with E-state index in [0.29, 0.717) is 0 Å². The molecule has 0 saturated carbocycles. The van der Waals surface area contributed by atoms with E-state index in [4.69, 9.17) is 16.7 Å². The molecular weight excluding hydrogens is 194 g/mol. The van der Waals surface area contributed by atoms with Crippen molar-refractivity contribution in [1.29, 1.82) is 0 Å². The van der Waals surface area contributed by atoms with E-state index in [1.807, 2.05) is 0 Å². The molecule has 3 N–H and O–H groups in total. The van der Waals surface area contributed by atoms with E-state index in [9.17, 15) is 9.90 Å². The fourth-order valence-electron chi connectivity index (χ4n) is 0.578. The van der Waals surface area contributed by atoms with Crippen molar-refractivity contribution in [3.05, 3.63) is 0 Å². The van der Waals surface area contributed by atoms with Crippen LogP contribution < -0.4 is 5.32 Å². The number of rotatable bonds is 5. The second-order valence-corrected chi connectivity index (χ2v) is 3.74. The zero-order valence-corrected chi connectivity index (χ0v) is 8.64. The van der Waals surface area contributed by atoms with Crippen molar-refractivity contribution in [3.8, 4) is 0 Å². The van der Waals surface area contributed by atoms with Crippen LogP contribution in [0.5, 0.6) is 0 Å². The van der Waals surface area contributed by atoms with Crippen LogP contribution in [0.25, 0.3) is 0 Å². The molecule has 0 aliphatic carbocycles. The van der Waals surface area contributed by atoms with Gasteiger partial charge in [-0.2, -0.15) is 0 Å². The van der Waals surface area contributed by atoms with Crippen LogP contribution in [0.3, 0.4) is 0 Å². The van der Waals surface area contributed by atoms with Gasteiger partial charge in [0, 0.05) is 18.3 Å². The summed E-state index contributed by atoms with van der Waals surface area (Å²) in [5.41, 5.74) is -1.26. The molecule has 0 fully saturated rings. The number of aliphatic hydroxyl groups is 2. The molecule has 0 aromatic heterocycles. The van der Waals surface area contributed by atoms with E-state index >= 15 is 0 Å². The van der Waals surface area contributed by atoms with Crippen molar-refractivity contribution < 1.29 is 15.0 Å². The summed E-state index contributed by atoms with van der Waals surface area (Å²) in [6.07, 6.45) is 0. The van der Waals surface area contributed by atoms with Gasteiger partial charge in [-0.15, -0.1) is 11.6 Å². The lowest BCUT2D eigenvalue weighted by Gasteiger charge is -2.21. The van der Waals surface area contributed by atoms with Crippen molar-refractivity contribution in [2.75, 3.05) is 19.0 Å². The SMILES string of the molecule is CC(CCl)C(=O)NCC(C)(O)CO. The smallest absolute Gasteiger partial charge is 0.224 e. The highest BCUT2D eigenvalue weighted by Crippen LogP contribution is 2.01. The number of hydrogen-bond donors (Lipinski definition) is 3. The number of carbonyl (C=O) groups excluding carboxylic acids is 1. The number of nitrogens with one attached hydrogen (secondary N) is 1. The highest BCUT2D eigenvalue weighted by molar-refractivity contribution is 6.19. The molecule has 0 aromatic rings.